The molecular formula is C24H27N3O4. The normalized spacial score (nSPS) is 17.6. The van der Waals surface area contributed by atoms with Crippen molar-refractivity contribution in [3.05, 3.63) is 69.4 Å². The van der Waals surface area contributed by atoms with Crippen LogP contribution < -0.4 is 5.56 Å². The molecule has 0 aliphatic heterocycles. The number of benzene rings is 1. The molecule has 1 aliphatic rings. The Morgan fingerprint density at radius 3 is 2.35 bits per heavy atom. The highest BCUT2D eigenvalue weighted by atomic mass is 16.5. The topological polar surface area (TPSA) is 75.2 Å². The fraction of sp³-hybridized carbons (Fsp3) is 0.375. The van der Waals surface area contributed by atoms with E-state index in [1.807, 2.05) is 74.3 Å². The third kappa shape index (κ3) is 3.54. The van der Waals surface area contributed by atoms with Gasteiger partial charge in [-0.15, -0.1) is 0 Å². The third-order valence-corrected chi connectivity index (χ3v) is 6.24. The van der Waals surface area contributed by atoms with Crippen LogP contribution in [0.1, 0.15) is 40.8 Å². The van der Waals surface area contributed by atoms with E-state index >= 15 is 0 Å². The highest BCUT2D eigenvalue weighted by Crippen LogP contribution is 2.38. The molecule has 2 aromatic heterocycles. The van der Waals surface area contributed by atoms with Crippen molar-refractivity contribution in [3.8, 4) is 11.4 Å². The van der Waals surface area contributed by atoms with E-state index in [-0.39, 0.29) is 29.8 Å². The van der Waals surface area contributed by atoms with Crippen LogP contribution in [0.5, 0.6) is 0 Å². The first kappa shape index (κ1) is 20.9. The molecule has 1 fully saturated rings. The molecule has 7 heteroatoms. The number of carbonyl (C=O) groups excluding carboxylic acids is 2. The number of Topliss-reactive ketones (excluding diaryl/α,β-unsaturated/α-hetero) is 1. The lowest BCUT2D eigenvalue weighted by Gasteiger charge is -2.09. The Bertz CT molecular complexity index is 1230. The van der Waals surface area contributed by atoms with Crippen LogP contribution in [0.4, 0.5) is 0 Å². The van der Waals surface area contributed by atoms with Gasteiger partial charge in [0.2, 0.25) is 5.78 Å². The molecule has 0 saturated heterocycles. The number of rotatable bonds is 6. The van der Waals surface area contributed by atoms with Crippen LogP contribution in [-0.4, -0.2) is 32.3 Å². The number of carbonyl (C=O) groups is 2. The number of ketones is 1. The van der Waals surface area contributed by atoms with E-state index in [2.05, 4.69) is 0 Å². The van der Waals surface area contributed by atoms with Crippen molar-refractivity contribution in [3.63, 3.8) is 0 Å². The maximum atomic E-state index is 13.4. The van der Waals surface area contributed by atoms with Gasteiger partial charge in [-0.2, -0.15) is 0 Å². The maximum Gasteiger partial charge on any atom is 0.309 e. The van der Waals surface area contributed by atoms with Crippen LogP contribution >= 0.6 is 0 Å². The lowest BCUT2D eigenvalue weighted by Crippen LogP contribution is -2.22. The molecule has 2 unspecified atom stereocenters. The largest absolute Gasteiger partial charge is 0.457 e. The quantitative estimate of drug-likeness (QED) is 0.452. The number of para-hydroxylation sites is 1. The van der Waals surface area contributed by atoms with Crippen molar-refractivity contribution >= 4 is 11.8 Å². The number of hydrogen-bond acceptors (Lipinski definition) is 4. The smallest absolute Gasteiger partial charge is 0.309 e. The van der Waals surface area contributed by atoms with E-state index in [0.717, 1.165) is 23.5 Å². The molecule has 0 amide bonds. The Kier molecular flexibility index (Phi) is 5.21. The molecule has 1 saturated carbocycles. The molecular weight excluding hydrogens is 394 g/mol. The summed E-state index contributed by atoms with van der Waals surface area (Å²) in [6, 6.07) is 11.2. The summed E-state index contributed by atoms with van der Waals surface area (Å²) in [6.45, 7) is 7.26. The Balaban J connectivity index is 1.69. The first-order valence-corrected chi connectivity index (χ1v) is 10.5. The van der Waals surface area contributed by atoms with Crippen molar-refractivity contribution in [1.82, 2.24) is 13.9 Å². The van der Waals surface area contributed by atoms with E-state index < -0.39 is 0 Å². The summed E-state index contributed by atoms with van der Waals surface area (Å²) in [6.07, 6.45) is 0.822. The molecule has 3 aromatic rings. The molecule has 31 heavy (non-hydrogen) atoms. The zero-order chi connectivity index (χ0) is 22.4. The van der Waals surface area contributed by atoms with Gasteiger partial charge in [0.25, 0.3) is 5.56 Å². The van der Waals surface area contributed by atoms with E-state index in [1.54, 1.807) is 10.7 Å². The highest BCUT2D eigenvalue weighted by molar-refractivity contribution is 5.99. The predicted molar refractivity (Wildman–Crippen MR) is 117 cm³/mol. The van der Waals surface area contributed by atoms with Crippen molar-refractivity contribution in [2.24, 2.45) is 18.9 Å². The van der Waals surface area contributed by atoms with Crippen LogP contribution in [0.2, 0.25) is 0 Å². The summed E-state index contributed by atoms with van der Waals surface area (Å²) >= 11 is 0. The zero-order valence-electron chi connectivity index (χ0n) is 18.5. The summed E-state index contributed by atoms with van der Waals surface area (Å²) in [5.41, 5.74) is 3.78. The van der Waals surface area contributed by atoms with Crippen LogP contribution in [0.15, 0.2) is 41.2 Å². The Morgan fingerprint density at radius 1 is 1.10 bits per heavy atom. The van der Waals surface area contributed by atoms with E-state index in [9.17, 15) is 14.4 Å². The maximum absolute atomic E-state index is 13.4. The second-order valence-corrected chi connectivity index (χ2v) is 8.38. The summed E-state index contributed by atoms with van der Waals surface area (Å²) in [5, 5.41) is 0. The van der Waals surface area contributed by atoms with Gasteiger partial charge in [-0.3, -0.25) is 19.1 Å². The van der Waals surface area contributed by atoms with Crippen LogP contribution in [0, 0.1) is 32.6 Å². The number of esters is 1. The van der Waals surface area contributed by atoms with Gasteiger partial charge in [0.1, 0.15) is 5.69 Å². The summed E-state index contributed by atoms with van der Waals surface area (Å²) in [7, 11) is 1.84. The molecule has 7 nitrogen and oxygen atoms in total. The van der Waals surface area contributed by atoms with Gasteiger partial charge in [-0.05, 0) is 51.3 Å². The molecule has 1 aliphatic carbocycles. The van der Waals surface area contributed by atoms with Crippen LogP contribution in [0.25, 0.3) is 11.4 Å². The van der Waals surface area contributed by atoms with Crippen LogP contribution in [-0.2, 0) is 16.6 Å². The third-order valence-electron chi connectivity index (χ3n) is 6.24. The summed E-state index contributed by atoms with van der Waals surface area (Å²) in [5.74, 6) is -0.318. The Hall–Kier alpha value is -3.35. The second kappa shape index (κ2) is 7.72. The Morgan fingerprint density at radius 2 is 1.74 bits per heavy atom. The van der Waals surface area contributed by atoms with Gasteiger partial charge >= 0.3 is 5.97 Å². The lowest BCUT2D eigenvalue weighted by atomic mass is 10.1. The minimum absolute atomic E-state index is 0.0800. The minimum Gasteiger partial charge on any atom is -0.457 e. The predicted octanol–water partition coefficient (Wildman–Crippen LogP) is 3.27. The number of ether oxygens (including phenoxy) is 1. The number of hydrogen-bond donors (Lipinski definition) is 0. The molecule has 4 rings (SSSR count). The molecule has 2 atom stereocenters. The van der Waals surface area contributed by atoms with Gasteiger partial charge in [-0.1, -0.05) is 25.1 Å². The van der Waals surface area contributed by atoms with Crippen molar-refractivity contribution in [1.29, 1.82) is 0 Å². The molecule has 162 valence electrons. The van der Waals surface area contributed by atoms with Gasteiger partial charge in [0.05, 0.1) is 17.3 Å². The molecule has 0 N–H and O–H groups in total. The molecule has 2 heterocycles. The molecule has 0 bridgehead atoms. The molecule has 1 aromatic carbocycles. The minimum atomic E-state index is -0.306. The van der Waals surface area contributed by atoms with Crippen molar-refractivity contribution in [2.45, 2.75) is 34.1 Å². The zero-order valence-corrected chi connectivity index (χ0v) is 18.5. The van der Waals surface area contributed by atoms with Crippen molar-refractivity contribution in [2.75, 3.05) is 6.61 Å². The van der Waals surface area contributed by atoms with E-state index in [0.29, 0.717) is 22.9 Å². The average Bonchev–Trinajstić information content (AvgIpc) is 3.36. The van der Waals surface area contributed by atoms with Gasteiger partial charge in [0.15, 0.2) is 6.61 Å². The van der Waals surface area contributed by atoms with Crippen LogP contribution in [0.3, 0.4) is 0 Å². The number of aryl methyl sites for hydroxylation is 1. The Labute approximate surface area is 180 Å². The van der Waals surface area contributed by atoms with E-state index in [4.69, 9.17) is 4.74 Å². The first-order valence-electron chi connectivity index (χ1n) is 10.5. The fourth-order valence-corrected chi connectivity index (χ4v) is 4.17. The number of aromatic nitrogens is 3. The average molecular weight is 421 g/mol. The highest BCUT2D eigenvalue weighted by Gasteiger charge is 2.40. The number of nitrogens with zero attached hydrogens (tertiary/aromatic N) is 3. The molecule has 0 radical (unpaired) electrons. The van der Waals surface area contributed by atoms with Crippen molar-refractivity contribution < 1.29 is 14.3 Å². The lowest BCUT2D eigenvalue weighted by molar-refractivity contribution is -0.144. The SMILES string of the molecule is Cc1cc(C(=O)COC(=O)C2CC2C)c(C)n1-c1c(C)n(C)n(-c2ccccc2)c1=O. The van der Waals surface area contributed by atoms with Gasteiger partial charge in [-0.25, -0.2) is 4.68 Å². The second-order valence-electron chi connectivity index (χ2n) is 8.38. The summed E-state index contributed by atoms with van der Waals surface area (Å²) < 4.78 is 10.5. The monoisotopic (exact) mass is 421 g/mol. The van der Waals surface area contributed by atoms with Gasteiger partial charge < -0.3 is 9.30 Å². The van der Waals surface area contributed by atoms with Gasteiger partial charge in [0, 0.05) is 24.0 Å². The fourth-order valence-electron chi connectivity index (χ4n) is 4.17. The molecule has 0 spiro atoms. The first-order chi connectivity index (χ1) is 14.7. The standard InChI is InChI=1S/C24H27N3O4/c1-14-11-19(14)24(30)31-13-21(28)20-12-15(2)26(16(20)3)22-17(4)25(5)27(23(22)29)18-9-7-6-8-10-18/h6-10,12,14,19H,11,13H2,1-5H3. The van der Waals surface area contributed by atoms with E-state index in [1.165, 1.54) is 0 Å². The summed E-state index contributed by atoms with van der Waals surface area (Å²) in [4.78, 5) is 38.1.